The smallest absolute Gasteiger partial charge is 0.125 e. The Hall–Kier alpha value is -0.760. The highest BCUT2D eigenvalue weighted by Crippen LogP contribution is 2.24. The highest BCUT2D eigenvalue weighted by Gasteiger charge is 2.08. The van der Waals surface area contributed by atoms with E-state index in [-0.39, 0.29) is 0 Å². The number of halogens is 1. The minimum Gasteiger partial charge on any atom is -0.384 e. The van der Waals surface area contributed by atoms with E-state index in [1.165, 1.54) is 0 Å². The summed E-state index contributed by atoms with van der Waals surface area (Å²) in [5.41, 5.74) is 7.59. The molecule has 0 amide bonds. The number of nitrogens with two attached hydrogens (primary N) is 1. The summed E-state index contributed by atoms with van der Waals surface area (Å²) >= 11 is 5.94. The van der Waals surface area contributed by atoms with E-state index < -0.39 is 0 Å². The molecule has 1 rings (SSSR count). The van der Waals surface area contributed by atoms with E-state index in [4.69, 9.17) is 17.3 Å². The molecule has 2 N–H and O–H groups in total. The molecule has 3 heteroatoms. The van der Waals surface area contributed by atoms with Crippen molar-refractivity contribution in [2.45, 2.75) is 26.7 Å². The van der Waals surface area contributed by atoms with Gasteiger partial charge in [-0.05, 0) is 24.5 Å². The van der Waals surface area contributed by atoms with Gasteiger partial charge in [0.25, 0.3) is 0 Å². The summed E-state index contributed by atoms with van der Waals surface area (Å²) < 4.78 is 0. The molecule has 0 aliphatic heterocycles. The maximum atomic E-state index is 5.94. The Morgan fingerprint density at radius 3 is 2.58 bits per heavy atom. The first-order chi connectivity index (χ1) is 5.52. The summed E-state index contributed by atoms with van der Waals surface area (Å²) in [6.07, 6.45) is 0. The van der Waals surface area contributed by atoms with Gasteiger partial charge in [-0.2, -0.15) is 0 Å². The van der Waals surface area contributed by atoms with Gasteiger partial charge in [-0.15, -0.1) is 0 Å². The quantitative estimate of drug-likeness (QED) is 0.729. The lowest BCUT2D eigenvalue weighted by molar-refractivity contribution is 0.814. The maximum Gasteiger partial charge on any atom is 0.125 e. The zero-order valence-corrected chi connectivity index (χ0v) is 8.31. The van der Waals surface area contributed by atoms with Gasteiger partial charge in [0, 0.05) is 10.7 Å². The molecule has 0 saturated carbocycles. The Bertz CT molecular complexity index is 295. The zero-order chi connectivity index (χ0) is 9.30. The molecule has 0 atom stereocenters. The van der Waals surface area contributed by atoms with Gasteiger partial charge in [0.2, 0.25) is 0 Å². The molecule has 0 unspecified atom stereocenters. The molecule has 12 heavy (non-hydrogen) atoms. The van der Waals surface area contributed by atoms with Crippen molar-refractivity contribution in [1.82, 2.24) is 4.98 Å². The van der Waals surface area contributed by atoms with Gasteiger partial charge in [0.05, 0.1) is 0 Å². The number of pyridine rings is 1. The van der Waals surface area contributed by atoms with Crippen LogP contribution >= 0.6 is 11.6 Å². The van der Waals surface area contributed by atoms with Crippen molar-refractivity contribution < 1.29 is 0 Å². The second-order valence-corrected chi connectivity index (χ2v) is 3.60. The number of hydrogen-bond donors (Lipinski definition) is 1. The zero-order valence-electron chi connectivity index (χ0n) is 7.56. The van der Waals surface area contributed by atoms with Crippen LogP contribution in [0.25, 0.3) is 0 Å². The standard InChI is InChI=1S/C9H13ClN2/c1-5(2)9-6(3)7(10)4-8(11)12-9/h4-5H,1-3H3,(H2,11,12). The number of rotatable bonds is 1. The number of nitrogens with zero attached hydrogens (tertiary/aromatic N) is 1. The lowest BCUT2D eigenvalue weighted by Crippen LogP contribution is -2.01. The Morgan fingerprint density at radius 1 is 1.50 bits per heavy atom. The lowest BCUT2D eigenvalue weighted by atomic mass is 10.1. The first kappa shape index (κ1) is 9.33. The van der Waals surface area contributed by atoms with Crippen LogP contribution in [0.5, 0.6) is 0 Å². The van der Waals surface area contributed by atoms with Crippen LogP contribution in [-0.4, -0.2) is 4.98 Å². The van der Waals surface area contributed by atoms with Crippen molar-refractivity contribution in [1.29, 1.82) is 0 Å². The van der Waals surface area contributed by atoms with Crippen LogP contribution < -0.4 is 5.73 Å². The topological polar surface area (TPSA) is 38.9 Å². The van der Waals surface area contributed by atoms with E-state index in [9.17, 15) is 0 Å². The summed E-state index contributed by atoms with van der Waals surface area (Å²) in [7, 11) is 0. The van der Waals surface area contributed by atoms with Gasteiger partial charge >= 0.3 is 0 Å². The van der Waals surface area contributed by atoms with Crippen molar-refractivity contribution in [3.8, 4) is 0 Å². The predicted octanol–water partition coefficient (Wildman–Crippen LogP) is 2.75. The average Bonchev–Trinajstić information content (AvgIpc) is 1.96. The van der Waals surface area contributed by atoms with Crippen molar-refractivity contribution in [2.75, 3.05) is 5.73 Å². The van der Waals surface area contributed by atoms with Crippen LogP contribution in [0.4, 0.5) is 5.82 Å². The van der Waals surface area contributed by atoms with Crippen LogP contribution in [0.15, 0.2) is 6.07 Å². The van der Waals surface area contributed by atoms with Gasteiger partial charge in [0.1, 0.15) is 5.82 Å². The first-order valence-corrected chi connectivity index (χ1v) is 4.32. The average molecular weight is 185 g/mol. The van der Waals surface area contributed by atoms with E-state index >= 15 is 0 Å². The van der Waals surface area contributed by atoms with Crippen molar-refractivity contribution in [2.24, 2.45) is 0 Å². The molecule has 1 heterocycles. The Labute approximate surface area is 77.8 Å². The highest BCUT2D eigenvalue weighted by atomic mass is 35.5. The van der Waals surface area contributed by atoms with E-state index in [0.29, 0.717) is 16.8 Å². The minimum absolute atomic E-state index is 0.367. The lowest BCUT2D eigenvalue weighted by Gasteiger charge is -2.10. The fourth-order valence-electron chi connectivity index (χ4n) is 1.18. The van der Waals surface area contributed by atoms with E-state index in [0.717, 1.165) is 11.3 Å². The van der Waals surface area contributed by atoms with Crippen LogP contribution in [0, 0.1) is 6.92 Å². The summed E-state index contributed by atoms with van der Waals surface area (Å²) in [4.78, 5) is 4.23. The van der Waals surface area contributed by atoms with Crippen LogP contribution in [0.1, 0.15) is 31.0 Å². The molecule has 0 aromatic carbocycles. The monoisotopic (exact) mass is 184 g/mol. The molecule has 0 saturated heterocycles. The van der Waals surface area contributed by atoms with Crippen molar-refractivity contribution in [3.05, 3.63) is 22.3 Å². The number of nitrogen functional groups attached to an aromatic ring is 1. The van der Waals surface area contributed by atoms with Gasteiger partial charge in [0.15, 0.2) is 0 Å². The summed E-state index contributed by atoms with van der Waals surface area (Å²) in [6, 6.07) is 1.68. The van der Waals surface area contributed by atoms with Crippen molar-refractivity contribution >= 4 is 17.4 Å². The molecule has 0 radical (unpaired) electrons. The Kier molecular flexibility index (Phi) is 2.58. The third-order valence-electron chi connectivity index (χ3n) is 1.81. The van der Waals surface area contributed by atoms with Gasteiger partial charge in [-0.3, -0.25) is 0 Å². The largest absolute Gasteiger partial charge is 0.384 e. The van der Waals surface area contributed by atoms with Crippen molar-refractivity contribution in [3.63, 3.8) is 0 Å². The fraction of sp³-hybridized carbons (Fsp3) is 0.444. The second kappa shape index (κ2) is 3.31. The SMILES string of the molecule is Cc1c(Cl)cc(N)nc1C(C)C. The summed E-state index contributed by atoms with van der Waals surface area (Å²) in [5.74, 6) is 0.861. The maximum absolute atomic E-state index is 5.94. The molecule has 0 aliphatic carbocycles. The number of hydrogen-bond acceptors (Lipinski definition) is 2. The third kappa shape index (κ3) is 1.69. The molecule has 0 fully saturated rings. The third-order valence-corrected chi connectivity index (χ3v) is 2.21. The molecule has 1 aromatic rings. The molecule has 66 valence electrons. The predicted molar refractivity (Wildman–Crippen MR) is 52.5 cm³/mol. The molecule has 2 nitrogen and oxygen atoms in total. The van der Waals surface area contributed by atoms with Crippen LogP contribution in [0.2, 0.25) is 5.02 Å². The minimum atomic E-state index is 0.367. The second-order valence-electron chi connectivity index (χ2n) is 3.19. The number of anilines is 1. The van der Waals surface area contributed by atoms with E-state index in [2.05, 4.69) is 18.8 Å². The normalized spacial score (nSPS) is 10.8. The van der Waals surface area contributed by atoms with E-state index in [1.54, 1.807) is 6.07 Å². The van der Waals surface area contributed by atoms with Gasteiger partial charge in [-0.1, -0.05) is 25.4 Å². The first-order valence-electron chi connectivity index (χ1n) is 3.95. The molecule has 0 aliphatic rings. The van der Waals surface area contributed by atoms with E-state index in [1.807, 2.05) is 6.92 Å². The molecule has 0 bridgehead atoms. The molecule has 0 spiro atoms. The highest BCUT2D eigenvalue weighted by molar-refractivity contribution is 6.31. The number of aromatic nitrogens is 1. The van der Waals surface area contributed by atoms with Crippen LogP contribution in [0.3, 0.4) is 0 Å². The van der Waals surface area contributed by atoms with Crippen LogP contribution in [-0.2, 0) is 0 Å². The fourth-order valence-corrected chi connectivity index (χ4v) is 1.39. The van der Waals surface area contributed by atoms with Gasteiger partial charge < -0.3 is 5.73 Å². The summed E-state index contributed by atoms with van der Waals surface area (Å²) in [6.45, 7) is 6.11. The molecule has 1 aromatic heterocycles. The Morgan fingerprint density at radius 2 is 2.08 bits per heavy atom. The Balaban J connectivity index is 3.28. The summed E-state index contributed by atoms with van der Waals surface area (Å²) in [5, 5.41) is 0.700. The molecular weight excluding hydrogens is 172 g/mol. The van der Waals surface area contributed by atoms with Gasteiger partial charge in [-0.25, -0.2) is 4.98 Å². The molecular formula is C9H13ClN2.